The molecular weight excluding hydrogens is 288 g/mol. The van der Waals surface area contributed by atoms with E-state index in [9.17, 15) is 19.2 Å². The Balaban J connectivity index is 3.15. The summed E-state index contributed by atoms with van der Waals surface area (Å²) in [6.45, 7) is 5.10. The maximum absolute atomic E-state index is 12.4. The standard InChI is InChI=1S/C15H18N2O5/c1-4-6-10-9(5-2)14(20)17(15(10)21)11(13(16)19)7-8-12(18)22-3/h4-6,11H,1,7-8H2,2-3H3,(H2,16,19)/b9-5+,10-6+. The molecule has 1 aliphatic rings. The number of likely N-dealkylation sites (tertiary alicyclic amines) is 1. The Morgan fingerprint density at radius 2 is 1.91 bits per heavy atom. The lowest BCUT2D eigenvalue weighted by Crippen LogP contribution is -2.48. The van der Waals surface area contributed by atoms with Crippen molar-refractivity contribution in [3.05, 3.63) is 36.0 Å². The first-order chi connectivity index (χ1) is 10.4. The minimum atomic E-state index is -1.20. The van der Waals surface area contributed by atoms with E-state index in [1.807, 2.05) is 0 Å². The number of carbonyl (C=O) groups excluding carboxylic acids is 4. The SMILES string of the molecule is C=C/C=C1/C(=O)N(C(CCC(=O)OC)C(N)=O)C(=O)/C1=C/C. The highest BCUT2D eigenvalue weighted by Crippen LogP contribution is 2.28. The predicted octanol–water partition coefficient (Wildman–Crippen LogP) is 0.221. The number of rotatable bonds is 6. The molecule has 0 aromatic rings. The second kappa shape index (κ2) is 7.35. The molecule has 118 valence electrons. The van der Waals surface area contributed by atoms with Crippen molar-refractivity contribution < 1.29 is 23.9 Å². The zero-order valence-electron chi connectivity index (χ0n) is 12.5. The molecule has 0 aromatic carbocycles. The first-order valence-corrected chi connectivity index (χ1v) is 6.62. The van der Waals surface area contributed by atoms with E-state index in [0.29, 0.717) is 0 Å². The molecular formula is C15H18N2O5. The summed E-state index contributed by atoms with van der Waals surface area (Å²) in [6, 6.07) is -1.20. The Morgan fingerprint density at radius 3 is 2.36 bits per heavy atom. The first-order valence-electron chi connectivity index (χ1n) is 6.62. The highest BCUT2D eigenvalue weighted by Gasteiger charge is 2.44. The number of esters is 1. The van der Waals surface area contributed by atoms with Crippen molar-refractivity contribution >= 4 is 23.7 Å². The smallest absolute Gasteiger partial charge is 0.305 e. The molecule has 0 aliphatic carbocycles. The van der Waals surface area contributed by atoms with Gasteiger partial charge in [0, 0.05) is 12.0 Å². The fraction of sp³-hybridized carbons (Fsp3) is 0.333. The van der Waals surface area contributed by atoms with Crippen LogP contribution in [0.5, 0.6) is 0 Å². The van der Waals surface area contributed by atoms with Crippen molar-refractivity contribution in [3.8, 4) is 0 Å². The summed E-state index contributed by atoms with van der Waals surface area (Å²) in [7, 11) is 1.20. The molecule has 0 bridgehead atoms. The third kappa shape index (κ3) is 3.30. The van der Waals surface area contributed by atoms with E-state index in [1.54, 1.807) is 6.92 Å². The van der Waals surface area contributed by atoms with Crippen LogP contribution >= 0.6 is 0 Å². The van der Waals surface area contributed by atoms with E-state index in [0.717, 1.165) is 4.90 Å². The minimum Gasteiger partial charge on any atom is -0.469 e. The van der Waals surface area contributed by atoms with Gasteiger partial charge >= 0.3 is 5.97 Å². The molecule has 1 aliphatic heterocycles. The Bertz CT molecular complexity index is 589. The monoisotopic (exact) mass is 306 g/mol. The van der Waals surface area contributed by atoms with Gasteiger partial charge < -0.3 is 10.5 Å². The van der Waals surface area contributed by atoms with Crippen molar-refractivity contribution in [2.24, 2.45) is 5.73 Å². The Kier molecular flexibility index (Phi) is 5.80. The number of methoxy groups -OCH3 is 1. The summed E-state index contributed by atoms with van der Waals surface area (Å²) in [5, 5.41) is 0. The third-order valence-electron chi connectivity index (χ3n) is 3.25. The van der Waals surface area contributed by atoms with Gasteiger partial charge in [-0.2, -0.15) is 0 Å². The number of ether oxygens (including phenoxy) is 1. The average Bonchev–Trinajstić information content (AvgIpc) is 2.71. The summed E-state index contributed by atoms with van der Waals surface area (Å²) < 4.78 is 4.48. The summed E-state index contributed by atoms with van der Waals surface area (Å²) >= 11 is 0. The van der Waals surface area contributed by atoms with Gasteiger partial charge in [0.25, 0.3) is 11.8 Å². The van der Waals surface area contributed by atoms with Crippen LogP contribution in [-0.2, 0) is 23.9 Å². The fourth-order valence-corrected chi connectivity index (χ4v) is 2.18. The van der Waals surface area contributed by atoms with Crippen LogP contribution in [0.4, 0.5) is 0 Å². The average molecular weight is 306 g/mol. The normalized spacial score (nSPS) is 19.6. The quantitative estimate of drug-likeness (QED) is 0.429. The number of hydrogen-bond acceptors (Lipinski definition) is 5. The zero-order chi connectivity index (χ0) is 16.9. The van der Waals surface area contributed by atoms with Gasteiger partial charge in [-0.25, -0.2) is 0 Å². The van der Waals surface area contributed by atoms with Crippen LogP contribution in [0, 0.1) is 0 Å². The summed E-state index contributed by atoms with van der Waals surface area (Å²) in [6.07, 6.45) is 4.04. The molecule has 0 saturated carbocycles. The van der Waals surface area contributed by atoms with Crippen molar-refractivity contribution in [2.45, 2.75) is 25.8 Å². The Hall–Kier alpha value is -2.70. The molecule has 7 heteroatoms. The van der Waals surface area contributed by atoms with E-state index in [1.165, 1.54) is 25.3 Å². The van der Waals surface area contributed by atoms with Gasteiger partial charge in [0.1, 0.15) is 6.04 Å². The van der Waals surface area contributed by atoms with Gasteiger partial charge in [-0.15, -0.1) is 0 Å². The number of nitrogens with zero attached hydrogens (tertiary/aromatic N) is 1. The number of nitrogens with two attached hydrogens (primary N) is 1. The molecule has 2 N–H and O–H groups in total. The molecule has 3 amide bonds. The van der Waals surface area contributed by atoms with E-state index >= 15 is 0 Å². The first kappa shape index (κ1) is 17.4. The molecule has 1 unspecified atom stereocenters. The molecule has 0 radical (unpaired) electrons. The molecule has 1 saturated heterocycles. The summed E-state index contributed by atoms with van der Waals surface area (Å²) in [5.74, 6) is -2.67. The van der Waals surface area contributed by atoms with E-state index in [2.05, 4.69) is 11.3 Å². The van der Waals surface area contributed by atoms with Crippen molar-refractivity contribution in [1.82, 2.24) is 4.90 Å². The number of primary amides is 1. The lowest BCUT2D eigenvalue weighted by atomic mass is 10.1. The lowest BCUT2D eigenvalue weighted by Gasteiger charge is -2.22. The molecule has 1 fully saturated rings. The van der Waals surface area contributed by atoms with Crippen molar-refractivity contribution in [3.63, 3.8) is 0 Å². The van der Waals surface area contributed by atoms with Gasteiger partial charge in [0.05, 0.1) is 12.7 Å². The van der Waals surface area contributed by atoms with Crippen LogP contribution in [-0.4, -0.2) is 41.7 Å². The van der Waals surface area contributed by atoms with Gasteiger partial charge in [-0.3, -0.25) is 24.1 Å². The van der Waals surface area contributed by atoms with Gasteiger partial charge in [0.15, 0.2) is 0 Å². The van der Waals surface area contributed by atoms with Gasteiger partial charge in [0.2, 0.25) is 5.91 Å². The second-order valence-electron chi connectivity index (χ2n) is 4.53. The van der Waals surface area contributed by atoms with Crippen LogP contribution in [0.3, 0.4) is 0 Å². The largest absolute Gasteiger partial charge is 0.469 e. The molecule has 1 atom stereocenters. The van der Waals surface area contributed by atoms with E-state index in [-0.39, 0.29) is 24.0 Å². The Labute approximate surface area is 128 Å². The van der Waals surface area contributed by atoms with Crippen LogP contribution < -0.4 is 5.73 Å². The number of imide groups is 1. The molecule has 7 nitrogen and oxygen atoms in total. The van der Waals surface area contributed by atoms with Crippen molar-refractivity contribution in [1.29, 1.82) is 0 Å². The highest BCUT2D eigenvalue weighted by molar-refractivity contribution is 6.25. The summed E-state index contributed by atoms with van der Waals surface area (Å²) in [5.41, 5.74) is 5.60. The zero-order valence-corrected chi connectivity index (χ0v) is 12.5. The van der Waals surface area contributed by atoms with Crippen LogP contribution in [0.1, 0.15) is 19.8 Å². The molecule has 1 heterocycles. The lowest BCUT2D eigenvalue weighted by molar-refractivity contribution is -0.147. The second-order valence-corrected chi connectivity index (χ2v) is 4.53. The third-order valence-corrected chi connectivity index (χ3v) is 3.25. The van der Waals surface area contributed by atoms with Crippen LogP contribution in [0.15, 0.2) is 36.0 Å². The predicted molar refractivity (Wildman–Crippen MR) is 78.1 cm³/mol. The molecule has 1 rings (SSSR count). The van der Waals surface area contributed by atoms with Gasteiger partial charge in [-0.1, -0.05) is 18.7 Å². The Morgan fingerprint density at radius 1 is 1.32 bits per heavy atom. The number of hydrogen-bond donors (Lipinski definition) is 1. The summed E-state index contributed by atoms with van der Waals surface area (Å²) in [4.78, 5) is 48.3. The highest BCUT2D eigenvalue weighted by atomic mass is 16.5. The van der Waals surface area contributed by atoms with E-state index < -0.39 is 29.7 Å². The topological polar surface area (TPSA) is 107 Å². The van der Waals surface area contributed by atoms with Crippen LogP contribution in [0.25, 0.3) is 0 Å². The van der Waals surface area contributed by atoms with Crippen LogP contribution in [0.2, 0.25) is 0 Å². The number of amides is 3. The number of allylic oxidation sites excluding steroid dienone is 3. The minimum absolute atomic E-state index is 0.0855. The maximum Gasteiger partial charge on any atom is 0.305 e. The number of carbonyl (C=O) groups is 4. The molecule has 0 aromatic heterocycles. The molecule has 22 heavy (non-hydrogen) atoms. The molecule has 0 spiro atoms. The van der Waals surface area contributed by atoms with E-state index in [4.69, 9.17) is 5.73 Å². The van der Waals surface area contributed by atoms with Gasteiger partial charge in [-0.05, 0) is 19.4 Å². The fourth-order valence-electron chi connectivity index (χ4n) is 2.18. The van der Waals surface area contributed by atoms with Crippen molar-refractivity contribution in [2.75, 3.05) is 7.11 Å². The maximum atomic E-state index is 12.4.